The first-order chi connectivity index (χ1) is 16.0. The molecule has 1 N–H and O–H groups in total. The molecule has 4 aromatic rings. The van der Waals surface area contributed by atoms with Crippen molar-refractivity contribution < 1.29 is 19.1 Å². The molecule has 0 aliphatic heterocycles. The molecule has 0 bridgehead atoms. The zero-order valence-corrected chi connectivity index (χ0v) is 19.0. The maximum Gasteiger partial charge on any atom is 0.363 e. The van der Waals surface area contributed by atoms with Gasteiger partial charge in [0.15, 0.2) is 5.75 Å². The van der Waals surface area contributed by atoms with Crippen LogP contribution in [-0.4, -0.2) is 33.8 Å². The van der Waals surface area contributed by atoms with Crippen LogP contribution in [0.5, 0.6) is 5.75 Å². The summed E-state index contributed by atoms with van der Waals surface area (Å²) in [5.74, 6) is -0.461. The molecule has 0 fully saturated rings. The lowest BCUT2D eigenvalue weighted by molar-refractivity contribution is -0.115. The third-order valence-electron chi connectivity index (χ3n) is 4.71. The largest absolute Gasteiger partial charge is 0.493 e. The molecule has 2 aromatic carbocycles. The number of anilines is 1. The fraction of sp³-hybridized carbons (Fsp3) is 0.167. The van der Waals surface area contributed by atoms with Crippen LogP contribution in [0.4, 0.5) is 5.69 Å². The van der Waals surface area contributed by atoms with Crippen LogP contribution in [0.2, 0.25) is 0 Å². The van der Waals surface area contributed by atoms with Crippen LogP contribution < -0.4 is 10.1 Å². The standard InChI is InChI=1S/C24H22N4O4S/c1-16-8-10-17(11-9-16)25-21(29)12-22-26-18(15-33-22)14-32-24(30)23-20(31-2)13-28(27-23)19-6-4-3-5-7-19/h3-11,13,15H,12,14H2,1-2H3,(H,25,29). The van der Waals surface area contributed by atoms with Gasteiger partial charge in [-0.3, -0.25) is 4.79 Å². The summed E-state index contributed by atoms with van der Waals surface area (Å²) < 4.78 is 12.2. The number of rotatable bonds is 8. The van der Waals surface area contributed by atoms with Crippen molar-refractivity contribution in [3.05, 3.63) is 88.1 Å². The number of thiazole rings is 1. The number of esters is 1. The number of carbonyl (C=O) groups excluding carboxylic acids is 2. The van der Waals surface area contributed by atoms with Gasteiger partial charge < -0.3 is 14.8 Å². The molecule has 4 rings (SSSR count). The van der Waals surface area contributed by atoms with Gasteiger partial charge in [0, 0.05) is 11.1 Å². The van der Waals surface area contributed by atoms with Crippen molar-refractivity contribution in [3.8, 4) is 11.4 Å². The molecule has 0 spiro atoms. The summed E-state index contributed by atoms with van der Waals surface area (Å²) in [6, 6.07) is 17.0. The second kappa shape index (κ2) is 10.1. The first-order valence-electron chi connectivity index (χ1n) is 10.2. The predicted molar refractivity (Wildman–Crippen MR) is 125 cm³/mol. The average molecular weight is 463 g/mol. The molecule has 168 valence electrons. The van der Waals surface area contributed by atoms with E-state index in [1.807, 2.05) is 61.5 Å². The number of methoxy groups -OCH3 is 1. The van der Waals surface area contributed by atoms with Gasteiger partial charge in [0.25, 0.3) is 0 Å². The summed E-state index contributed by atoms with van der Waals surface area (Å²) in [5, 5.41) is 9.55. The molecule has 33 heavy (non-hydrogen) atoms. The molecule has 0 radical (unpaired) electrons. The van der Waals surface area contributed by atoms with E-state index in [0.717, 1.165) is 16.9 Å². The highest BCUT2D eigenvalue weighted by Crippen LogP contribution is 2.21. The molecule has 1 amide bonds. The van der Waals surface area contributed by atoms with Crippen LogP contribution >= 0.6 is 11.3 Å². The monoisotopic (exact) mass is 462 g/mol. The Labute approximate surface area is 194 Å². The summed E-state index contributed by atoms with van der Waals surface area (Å²) in [4.78, 5) is 29.2. The molecule has 2 aromatic heterocycles. The van der Waals surface area contributed by atoms with E-state index in [1.165, 1.54) is 18.4 Å². The van der Waals surface area contributed by atoms with Crippen LogP contribution in [0.15, 0.2) is 66.2 Å². The van der Waals surface area contributed by atoms with E-state index in [1.54, 1.807) is 16.3 Å². The Hall–Kier alpha value is -3.98. The van der Waals surface area contributed by atoms with Gasteiger partial charge in [0.2, 0.25) is 11.6 Å². The van der Waals surface area contributed by atoms with Crippen molar-refractivity contribution >= 4 is 28.9 Å². The fourth-order valence-corrected chi connectivity index (χ4v) is 3.82. The number of nitrogens with one attached hydrogen (secondary N) is 1. The van der Waals surface area contributed by atoms with Crippen molar-refractivity contribution in [1.82, 2.24) is 14.8 Å². The number of ether oxygens (including phenoxy) is 2. The molecule has 0 unspecified atom stereocenters. The van der Waals surface area contributed by atoms with E-state index in [9.17, 15) is 9.59 Å². The van der Waals surface area contributed by atoms with Gasteiger partial charge in [0.1, 0.15) is 11.6 Å². The summed E-state index contributed by atoms with van der Waals surface area (Å²) in [6.45, 7) is 1.96. The van der Waals surface area contributed by atoms with Crippen molar-refractivity contribution in [1.29, 1.82) is 0 Å². The molecule has 0 aliphatic carbocycles. The number of aromatic nitrogens is 3. The first kappa shape index (κ1) is 22.2. The number of benzene rings is 2. The molecule has 2 heterocycles. The van der Waals surface area contributed by atoms with Gasteiger partial charge in [0.05, 0.1) is 31.1 Å². The van der Waals surface area contributed by atoms with E-state index in [4.69, 9.17) is 9.47 Å². The second-order valence-corrected chi connectivity index (χ2v) is 8.17. The lowest BCUT2D eigenvalue weighted by atomic mass is 10.2. The van der Waals surface area contributed by atoms with Crippen molar-refractivity contribution in [2.24, 2.45) is 0 Å². The smallest absolute Gasteiger partial charge is 0.363 e. The molecular formula is C24H22N4O4S. The number of nitrogens with zero attached hydrogens (tertiary/aromatic N) is 3. The van der Waals surface area contributed by atoms with Crippen LogP contribution in [0.1, 0.15) is 26.8 Å². The Morgan fingerprint density at radius 3 is 2.58 bits per heavy atom. The molecule has 0 atom stereocenters. The topological polar surface area (TPSA) is 95.3 Å². The third-order valence-corrected chi connectivity index (χ3v) is 5.61. The quantitative estimate of drug-likeness (QED) is 0.395. The second-order valence-electron chi connectivity index (χ2n) is 7.23. The van der Waals surface area contributed by atoms with Crippen molar-refractivity contribution in [3.63, 3.8) is 0 Å². The van der Waals surface area contributed by atoms with Crippen molar-refractivity contribution in [2.45, 2.75) is 20.0 Å². The zero-order chi connectivity index (χ0) is 23.2. The lowest BCUT2D eigenvalue weighted by Gasteiger charge is -2.04. The van der Waals surface area contributed by atoms with Crippen molar-refractivity contribution in [2.75, 3.05) is 12.4 Å². The highest BCUT2D eigenvalue weighted by atomic mass is 32.1. The SMILES string of the molecule is COc1cn(-c2ccccc2)nc1C(=O)OCc1csc(CC(=O)Nc2ccc(C)cc2)n1. The zero-order valence-electron chi connectivity index (χ0n) is 18.1. The summed E-state index contributed by atoms with van der Waals surface area (Å²) >= 11 is 1.34. The minimum atomic E-state index is -0.617. The van der Waals surface area contributed by atoms with Gasteiger partial charge in [-0.15, -0.1) is 11.3 Å². The first-order valence-corrected chi connectivity index (χ1v) is 11.1. The maximum atomic E-state index is 12.6. The van der Waals surface area contributed by atoms with E-state index in [-0.39, 0.29) is 24.6 Å². The fourth-order valence-electron chi connectivity index (χ4n) is 3.05. The van der Waals surface area contributed by atoms with E-state index >= 15 is 0 Å². The van der Waals surface area contributed by atoms with Crippen LogP contribution in [0, 0.1) is 6.92 Å². The number of aryl methyl sites for hydroxylation is 1. The Balaban J connectivity index is 1.34. The number of para-hydroxylation sites is 1. The average Bonchev–Trinajstić information content (AvgIpc) is 3.46. The minimum absolute atomic E-state index is 0.0315. The Morgan fingerprint density at radius 2 is 1.85 bits per heavy atom. The summed E-state index contributed by atoms with van der Waals surface area (Å²) in [5.41, 5.74) is 3.29. The third kappa shape index (κ3) is 5.64. The normalized spacial score (nSPS) is 10.6. The highest BCUT2D eigenvalue weighted by Gasteiger charge is 2.20. The van der Waals surface area contributed by atoms with E-state index in [0.29, 0.717) is 16.5 Å². The van der Waals surface area contributed by atoms with E-state index in [2.05, 4.69) is 15.4 Å². The van der Waals surface area contributed by atoms with Crippen LogP contribution in [0.25, 0.3) is 5.69 Å². The highest BCUT2D eigenvalue weighted by molar-refractivity contribution is 7.09. The van der Waals surface area contributed by atoms with Crippen LogP contribution in [-0.2, 0) is 22.6 Å². The predicted octanol–water partition coefficient (Wildman–Crippen LogP) is 4.18. The van der Waals surface area contributed by atoms with Gasteiger partial charge in [-0.05, 0) is 31.2 Å². The number of carbonyl (C=O) groups is 2. The molecule has 8 nitrogen and oxygen atoms in total. The molecular weight excluding hydrogens is 440 g/mol. The number of amides is 1. The van der Waals surface area contributed by atoms with E-state index < -0.39 is 5.97 Å². The molecule has 0 aliphatic rings. The summed E-state index contributed by atoms with van der Waals surface area (Å²) in [7, 11) is 1.47. The minimum Gasteiger partial charge on any atom is -0.493 e. The van der Waals surface area contributed by atoms with Gasteiger partial charge in [-0.25, -0.2) is 14.5 Å². The van der Waals surface area contributed by atoms with Crippen LogP contribution in [0.3, 0.4) is 0 Å². The lowest BCUT2D eigenvalue weighted by Crippen LogP contribution is -2.14. The summed E-state index contributed by atoms with van der Waals surface area (Å²) in [6.07, 6.45) is 1.77. The van der Waals surface area contributed by atoms with Gasteiger partial charge in [-0.2, -0.15) is 5.10 Å². The Kier molecular flexibility index (Phi) is 6.80. The van der Waals surface area contributed by atoms with Gasteiger partial charge in [-0.1, -0.05) is 35.9 Å². The number of hydrogen-bond acceptors (Lipinski definition) is 7. The van der Waals surface area contributed by atoms with Gasteiger partial charge >= 0.3 is 5.97 Å². The Morgan fingerprint density at radius 1 is 1.09 bits per heavy atom. The molecule has 9 heteroatoms. The molecule has 0 saturated heterocycles. The Bertz CT molecular complexity index is 1250. The maximum absolute atomic E-state index is 12.6. The molecule has 0 saturated carbocycles. The number of hydrogen-bond donors (Lipinski definition) is 1.